The lowest BCUT2D eigenvalue weighted by Crippen LogP contribution is -2.47. The van der Waals surface area contributed by atoms with Gasteiger partial charge >= 0.3 is 0 Å². The number of hydrogen-bond acceptors (Lipinski definition) is 2. The number of nitrogens with zero attached hydrogens (tertiary/aromatic N) is 1. The fraction of sp³-hybridized carbons (Fsp3) is 0.471. The summed E-state index contributed by atoms with van der Waals surface area (Å²) in [6.07, 6.45) is 8.50. The first-order valence-electron chi connectivity index (χ1n) is 7.18. The van der Waals surface area contributed by atoms with E-state index in [2.05, 4.69) is 16.1 Å². The highest BCUT2D eigenvalue weighted by atomic mass is 35.5. The lowest BCUT2D eigenvalue weighted by atomic mass is 10.0. The standard InChI is InChI=1S/C17H22N2O.ClH/c1-4-11-19-12-6-5-10-15(19)17(20)18-16-13(2)8-7-9-14(16)3;/h1,7-9,15H,5-6,10-12H2,2-3H3,(H,18,20);1H. The van der Waals surface area contributed by atoms with Gasteiger partial charge in [-0.3, -0.25) is 9.69 Å². The zero-order valence-corrected chi connectivity index (χ0v) is 13.5. The maximum absolute atomic E-state index is 12.5. The SMILES string of the molecule is C#CCN1CCCCC1C(=O)Nc1c(C)cccc1C.Cl. The molecule has 1 aliphatic heterocycles. The first kappa shape index (κ1) is 17.6. The second kappa shape index (κ2) is 8.07. The van der Waals surface area contributed by atoms with Gasteiger partial charge in [-0.1, -0.05) is 30.5 Å². The summed E-state index contributed by atoms with van der Waals surface area (Å²) in [5.41, 5.74) is 3.12. The summed E-state index contributed by atoms with van der Waals surface area (Å²) in [6.45, 7) is 5.49. The van der Waals surface area contributed by atoms with E-state index in [-0.39, 0.29) is 24.4 Å². The van der Waals surface area contributed by atoms with Crippen molar-refractivity contribution >= 4 is 24.0 Å². The maximum atomic E-state index is 12.5. The Morgan fingerprint density at radius 3 is 2.67 bits per heavy atom. The van der Waals surface area contributed by atoms with Gasteiger partial charge in [0.1, 0.15) is 0 Å². The van der Waals surface area contributed by atoms with Gasteiger partial charge in [0.05, 0.1) is 12.6 Å². The number of carbonyl (C=O) groups excluding carboxylic acids is 1. The Kier molecular flexibility index (Phi) is 6.74. The average molecular weight is 307 g/mol. The monoisotopic (exact) mass is 306 g/mol. The molecule has 1 saturated heterocycles. The number of para-hydroxylation sites is 1. The Balaban J connectivity index is 0.00000220. The molecule has 1 fully saturated rings. The Hall–Kier alpha value is -1.50. The molecule has 1 amide bonds. The van der Waals surface area contributed by atoms with Gasteiger partial charge in [-0.25, -0.2) is 0 Å². The number of anilines is 1. The molecule has 0 radical (unpaired) electrons. The number of likely N-dealkylation sites (tertiary alicyclic amines) is 1. The Morgan fingerprint density at radius 1 is 1.38 bits per heavy atom. The molecule has 1 aromatic rings. The summed E-state index contributed by atoms with van der Waals surface area (Å²) in [6, 6.07) is 5.94. The molecule has 1 unspecified atom stereocenters. The van der Waals surface area contributed by atoms with Gasteiger partial charge in [-0.15, -0.1) is 18.8 Å². The third-order valence-corrected chi connectivity index (χ3v) is 3.94. The molecule has 0 spiro atoms. The molecule has 3 nitrogen and oxygen atoms in total. The highest BCUT2D eigenvalue weighted by Crippen LogP contribution is 2.22. The van der Waals surface area contributed by atoms with Crippen molar-refractivity contribution in [3.05, 3.63) is 29.3 Å². The van der Waals surface area contributed by atoms with Crippen LogP contribution in [-0.4, -0.2) is 29.9 Å². The number of rotatable bonds is 3. The molecule has 0 bridgehead atoms. The Labute approximate surface area is 133 Å². The van der Waals surface area contributed by atoms with E-state index in [0.717, 1.165) is 42.6 Å². The zero-order valence-electron chi connectivity index (χ0n) is 12.7. The van der Waals surface area contributed by atoms with E-state index in [1.54, 1.807) is 0 Å². The minimum absolute atomic E-state index is 0. The molecule has 0 aromatic heterocycles. The van der Waals surface area contributed by atoms with Gasteiger partial charge in [-0.05, 0) is 44.4 Å². The second-order valence-electron chi connectivity index (χ2n) is 5.44. The normalized spacial score (nSPS) is 18.4. The summed E-state index contributed by atoms with van der Waals surface area (Å²) in [5.74, 6) is 2.72. The minimum atomic E-state index is -0.0983. The number of hydrogen-bond donors (Lipinski definition) is 1. The van der Waals surface area contributed by atoms with E-state index in [4.69, 9.17) is 6.42 Å². The molecule has 1 heterocycles. The van der Waals surface area contributed by atoms with Crippen molar-refractivity contribution < 1.29 is 4.79 Å². The Bertz CT molecular complexity index is 516. The second-order valence-corrected chi connectivity index (χ2v) is 5.44. The fourth-order valence-electron chi connectivity index (χ4n) is 2.81. The number of nitrogens with one attached hydrogen (secondary N) is 1. The molecule has 2 rings (SSSR count). The summed E-state index contributed by atoms with van der Waals surface area (Å²) < 4.78 is 0. The molecule has 1 N–H and O–H groups in total. The topological polar surface area (TPSA) is 32.3 Å². The first-order chi connectivity index (χ1) is 9.63. The van der Waals surface area contributed by atoms with Gasteiger partial charge in [0.2, 0.25) is 5.91 Å². The maximum Gasteiger partial charge on any atom is 0.241 e. The third-order valence-electron chi connectivity index (χ3n) is 3.94. The molecule has 21 heavy (non-hydrogen) atoms. The number of aryl methyl sites for hydroxylation is 2. The molecule has 1 aromatic carbocycles. The number of amides is 1. The van der Waals surface area contributed by atoms with Crippen LogP contribution < -0.4 is 5.32 Å². The summed E-state index contributed by atoms with van der Waals surface area (Å²) in [4.78, 5) is 14.6. The zero-order chi connectivity index (χ0) is 14.5. The largest absolute Gasteiger partial charge is 0.324 e. The quantitative estimate of drug-likeness (QED) is 0.870. The Morgan fingerprint density at radius 2 is 2.05 bits per heavy atom. The van der Waals surface area contributed by atoms with Gasteiger partial charge in [-0.2, -0.15) is 0 Å². The molecular formula is C17H23ClN2O. The molecule has 1 aliphatic rings. The molecule has 0 saturated carbocycles. The summed E-state index contributed by atoms with van der Waals surface area (Å²) in [5, 5.41) is 3.09. The highest BCUT2D eigenvalue weighted by molar-refractivity contribution is 5.96. The van der Waals surface area contributed by atoms with Crippen molar-refractivity contribution in [2.45, 2.75) is 39.2 Å². The van der Waals surface area contributed by atoms with E-state index in [0.29, 0.717) is 6.54 Å². The van der Waals surface area contributed by atoms with Crippen molar-refractivity contribution in [3.63, 3.8) is 0 Å². The predicted octanol–water partition coefficient (Wildman–Crippen LogP) is 3.15. The van der Waals surface area contributed by atoms with Crippen LogP contribution in [0, 0.1) is 26.2 Å². The van der Waals surface area contributed by atoms with Gasteiger partial charge < -0.3 is 5.32 Å². The van der Waals surface area contributed by atoms with Crippen LogP contribution in [0.25, 0.3) is 0 Å². The van der Waals surface area contributed by atoms with Crippen LogP contribution in [0.1, 0.15) is 30.4 Å². The average Bonchev–Trinajstić information content (AvgIpc) is 2.44. The van der Waals surface area contributed by atoms with Crippen molar-refractivity contribution in [1.29, 1.82) is 0 Å². The van der Waals surface area contributed by atoms with Crippen molar-refractivity contribution in [2.75, 3.05) is 18.4 Å². The highest BCUT2D eigenvalue weighted by Gasteiger charge is 2.28. The molecular weight excluding hydrogens is 284 g/mol. The van der Waals surface area contributed by atoms with Crippen LogP contribution in [0.15, 0.2) is 18.2 Å². The predicted molar refractivity (Wildman–Crippen MR) is 89.8 cm³/mol. The van der Waals surface area contributed by atoms with Crippen LogP contribution in [0.2, 0.25) is 0 Å². The molecule has 114 valence electrons. The molecule has 0 aliphatic carbocycles. The van der Waals surface area contributed by atoms with Crippen molar-refractivity contribution in [3.8, 4) is 12.3 Å². The van der Waals surface area contributed by atoms with Crippen LogP contribution in [0.4, 0.5) is 5.69 Å². The fourth-order valence-corrected chi connectivity index (χ4v) is 2.81. The van der Waals surface area contributed by atoms with E-state index < -0.39 is 0 Å². The van der Waals surface area contributed by atoms with E-state index in [9.17, 15) is 4.79 Å². The van der Waals surface area contributed by atoms with Crippen LogP contribution in [0.3, 0.4) is 0 Å². The van der Waals surface area contributed by atoms with E-state index in [1.807, 2.05) is 32.0 Å². The molecule has 1 atom stereocenters. The number of terminal acetylenes is 1. The summed E-state index contributed by atoms with van der Waals surface area (Å²) in [7, 11) is 0. The minimum Gasteiger partial charge on any atom is -0.324 e. The third kappa shape index (κ3) is 4.23. The van der Waals surface area contributed by atoms with Gasteiger partial charge in [0.15, 0.2) is 0 Å². The van der Waals surface area contributed by atoms with Crippen molar-refractivity contribution in [1.82, 2.24) is 4.90 Å². The van der Waals surface area contributed by atoms with Crippen LogP contribution in [-0.2, 0) is 4.79 Å². The molecule has 4 heteroatoms. The van der Waals surface area contributed by atoms with Crippen LogP contribution >= 0.6 is 12.4 Å². The number of carbonyl (C=O) groups is 1. The number of piperidine rings is 1. The summed E-state index contributed by atoms with van der Waals surface area (Å²) >= 11 is 0. The van der Waals surface area contributed by atoms with Crippen LogP contribution in [0.5, 0.6) is 0 Å². The van der Waals surface area contributed by atoms with Gasteiger partial charge in [0, 0.05) is 5.69 Å². The van der Waals surface area contributed by atoms with Crippen molar-refractivity contribution in [2.24, 2.45) is 0 Å². The lowest BCUT2D eigenvalue weighted by Gasteiger charge is -2.33. The number of halogens is 1. The lowest BCUT2D eigenvalue weighted by molar-refractivity contribution is -0.122. The van der Waals surface area contributed by atoms with Gasteiger partial charge in [0.25, 0.3) is 0 Å². The number of benzene rings is 1. The smallest absolute Gasteiger partial charge is 0.241 e. The van der Waals surface area contributed by atoms with E-state index in [1.165, 1.54) is 0 Å². The first-order valence-corrected chi connectivity index (χ1v) is 7.18. The van der Waals surface area contributed by atoms with E-state index >= 15 is 0 Å².